The Hall–Kier alpha value is -1.39. The van der Waals surface area contributed by atoms with Gasteiger partial charge in [-0.15, -0.1) is 0 Å². The van der Waals surface area contributed by atoms with Crippen molar-refractivity contribution >= 4 is 11.0 Å². The second kappa shape index (κ2) is 7.93. The second-order valence-electron chi connectivity index (χ2n) is 6.89. The summed E-state index contributed by atoms with van der Waals surface area (Å²) in [6.07, 6.45) is 6.66. The van der Waals surface area contributed by atoms with Gasteiger partial charge in [0.15, 0.2) is 0 Å². The van der Waals surface area contributed by atoms with Crippen LogP contribution in [0.25, 0.3) is 11.0 Å². The highest BCUT2D eigenvalue weighted by atomic mass is 15.1. The average Bonchev–Trinajstić information content (AvgIpc) is 2.71. The number of imidazole rings is 1. The van der Waals surface area contributed by atoms with Crippen LogP contribution in [-0.2, 0) is 6.54 Å². The van der Waals surface area contributed by atoms with Gasteiger partial charge in [-0.05, 0) is 51.8 Å². The van der Waals surface area contributed by atoms with Gasteiger partial charge in [-0.3, -0.25) is 0 Å². The predicted molar refractivity (Wildman–Crippen MR) is 96.8 cm³/mol. The minimum atomic E-state index is 0.556. The molecule has 0 spiro atoms. The molecule has 1 aromatic carbocycles. The fraction of sp³-hybridized carbons (Fsp3) is 0.632. The number of rotatable bonds is 6. The third kappa shape index (κ3) is 4.33. The summed E-state index contributed by atoms with van der Waals surface area (Å²) in [5.74, 6) is 1.10. The van der Waals surface area contributed by atoms with Crippen LogP contribution in [0.2, 0.25) is 0 Å². The number of hydrogen-bond donors (Lipinski definition) is 2. The third-order valence-electron chi connectivity index (χ3n) is 4.97. The molecule has 1 aliphatic heterocycles. The quantitative estimate of drug-likeness (QED) is 0.860. The molecule has 2 atom stereocenters. The molecule has 1 aromatic heterocycles. The van der Waals surface area contributed by atoms with Crippen LogP contribution in [-0.4, -0.2) is 34.7 Å². The molecule has 2 N–H and O–H groups in total. The highest BCUT2D eigenvalue weighted by molar-refractivity contribution is 5.75. The molecular weight excluding hydrogens is 284 g/mol. The smallest absolute Gasteiger partial charge is 0.106 e. The van der Waals surface area contributed by atoms with Gasteiger partial charge in [-0.2, -0.15) is 0 Å². The molecule has 0 bridgehead atoms. The Bertz CT molecular complexity index is 611. The Balaban J connectivity index is 1.49. The van der Waals surface area contributed by atoms with Gasteiger partial charge in [-0.1, -0.05) is 25.0 Å². The van der Waals surface area contributed by atoms with Crippen molar-refractivity contribution in [3.63, 3.8) is 0 Å². The lowest BCUT2D eigenvalue weighted by Crippen LogP contribution is -2.37. The monoisotopic (exact) mass is 314 g/mol. The van der Waals surface area contributed by atoms with Crippen LogP contribution in [0.15, 0.2) is 24.3 Å². The van der Waals surface area contributed by atoms with Crippen molar-refractivity contribution in [2.45, 2.75) is 64.6 Å². The number of aryl methyl sites for hydroxylation is 1. The molecule has 4 nitrogen and oxygen atoms in total. The number of aromatic nitrogens is 2. The van der Waals surface area contributed by atoms with Crippen LogP contribution in [0, 0.1) is 6.92 Å². The first-order valence-corrected chi connectivity index (χ1v) is 9.12. The lowest BCUT2D eigenvalue weighted by molar-refractivity contribution is 0.398. The van der Waals surface area contributed by atoms with Gasteiger partial charge in [0.05, 0.1) is 11.0 Å². The highest BCUT2D eigenvalue weighted by Crippen LogP contribution is 2.15. The maximum atomic E-state index is 4.64. The molecule has 2 heterocycles. The summed E-state index contributed by atoms with van der Waals surface area (Å²) >= 11 is 0. The van der Waals surface area contributed by atoms with E-state index in [2.05, 4.69) is 58.3 Å². The molecule has 1 aliphatic rings. The van der Waals surface area contributed by atoms with Crippen molar-refractivity contribution in [3.8, 4) is 0 Å². The van der Waals surface area contributed by atoms with E-state index >= 15 is 0 Å². The van der Waals surface area contributed by atoms with Crippen molar-refractivity contribution in [2.24, 2.45) is 0 Å². The summed E-state index contributed by atoms with van der Waals surface area (Å²) < 4.78 is 2.32. The van der Waals surface area contributed by atoms with E-state index in [1.54, 1.807) is 0 Å². The topological polar surface area (TPSA) is 41.9 Å². The number of nitrogens with zero attached hydrogens (tertiary/aromatic N) is 2. The van der Waals surface area contributed by atoms with E-state index in [-0.39, 0.29) is 0 Å². The summed E-state index contributed by atoms with van der Waals surface area (Å²) in [4.78, 5) is 4.64. The van der Waals surface area contributed by atoms with Gasteiger partial charge < -0.3 is 15.2 Å². The number of hydrogen-bond acceptors (Lipinski definition) is 3. The first kappa shape index (κ1) is 16.5. The lowest BCUT2D eigenvalue weighted by atomic mass is 10.0. The number of fused-ring (bicyclic) bond motifs is 1. The summed E-state index contributed by atoms with van der Waals surface area (Å²) in [7, 11) is 0. The summed E-state index contributed by atoms with van der Waals surface area (Å²) in [6, 6.07) is 9.64. The zero-order chi connectivity index (χ0) is 16.1. The molecule has 1 saturated heterocycles. The molecule has 1 fully saturated rings. The number of nitrogens with one attached hydrogen (secondary N) is 2. The fourth-order valence-corrected chi connectivity index (χ4v) is 3.71. The third-order valence-corrected chi connectivity index (χ3v) is 4.97. The Kier molecular flexibility index (Phi) is 5.68. The molecular formula is C19H30N4. The number of benzene rings is 1. The maximum absolute atomic E-state index is 4.64. The fourth-order valence-electron chi connectivity index (χ4n) is 3.71. The van der Waals surface area contributed by atoms with E-state index in [4.69, 9.17) is 0 Å². The summed E-state index contributed by atoms with van der Waals surface area (Å²) in [6.45, 7) is 7.58. The average molecular weight is 314 g/mol. The SMILES string of the molecule is Cc1nc2ccccc2n1CCNC(C)CC1CCCCCN1. The van der Waals surface area contributed by atoms with Crippen LogP contribution in [0.3, 0.4) is 0 Å². The number of para-hydroxylation sites is 2. The molecule has 0 saturated carbocycles. The van der Waals surface area contributed by atoms with E-state index in [1.165, 1.54) is 44.2 Å². The molecule has 0 amide bonds. The molecule has 0 aliphatic carbocycles. The summed E-state index contributed by atoms with van der Waals surface area (Å²) in [5.41, 5.74) is 2.34. The van der Waals surface area contributed by atoms with Crippen molar-refractivity contribution in [2.75, 3.05) is 13.1 Å². The first-order valence-electron chi connectivity index (χ1n) is 9.12. The lowest BCUT2D eigenvalue weighted by Gasteiger charge is -2.21. The summed E-state index contributed by atoms with van der Waals surface area (Å²) in [5, 5.41) is 7.39. The molecule has 3 rings (SSSR count). The Morgan fingerprint density at radius 2 is 2.17 bits per heavy atom. The normalized spacial score (nSPS) is 20.5. The van der Waals surface area contributed by atoms with Gasteiger partial charge in [0.2, 0.25) is 0 Å². The molecule has 0 radical (unpaired) electrons. The van der Waals surface area contributed by atoms with E-state index in [0.29, 0.717) is 12.1 Å². The maximum Gasteiger partial charge on any atom is 0.106 e. The van der Waals surface area contributed by atoms with Gasteiger partial charge in [0.1, 0.15) is 5.82 Å². The Labute approximate surface area is 139 Å². The van der Waals surface area contributed by atoms with Crippen LogP contribution in [0.4, 0.5) is 0 Å². The van der Waals surface area contributed by atoms with Crippen LogP contribution in [0.1, 0.15) is 44.9 Å². The van der Waals surface area contributed by atoms with Crippen molar-refractivity contribution in [1.82, 2.24) is 20.2 Å². The molecule has 4 heteroatoms. The predicted octanol–water partition coefficient (Wildman–Crippen LogP) is 3.25. The first-order chi connectivity index (χ1) is 11.2. The van der Waals surface area contributed by atoms with Crippen molar-refractivity contribution in [1.29, 1.82) is 0 Å². The standard InChI is InChI=1S/C19H30N4/c1-15(14-17-8-4-3-7-11-21-17)20-12-13-23-16(2)22-18-9-5-6-10-19(18)23/h5-6,9-10,15,17,20-21H,3-4,7-8,11-14H2,1-2H3. The van der Waals surface area contributed by atoms with Gasteiger partial charge in [0.25, 0.3) is 0 Å². The van der Waals surface area contributed by atoms with Gasteiger partial charge in [0, 0.05) is 25.2 Å². The van der Waals surface area contributed by atoms with E-state index in [9.17, 15) is 0 Å². The molecule has 2 aromatic rings. The minimum Gasteiger partial charge on any atom is -0.327 e. The van der Waals surface area contributed by atoms with Crippen LogP contribution >= 0.6 is 0 Å². The zero-order valence-electron chi connectivity index (χ0n) is 14.5. The largest absolute Gasteiger partial charge is 0.327 e. The van der Waals surface area contributed by atoms with Crippen LogP contribution < -0.4 is 10.6 Å². The van der Waals surface area contributed by atoms with E-state index < -0.39 is 0 Å². The Morgan fingerprint density at radius 3 is 3.09 bits per heavy atom. The van der Waals surface area contributed by atoms with Gasteiger partial charge in [-0.25, -0.2) is 4.98 Å². The molecule has 2 unspecified atom stereocenters. The Morgan fingerprint density at radius 1 is 1.30 bits per heavy atom. The van der Waals surface area contributed by atoms with Gasteiger partial charge >= 0.3 is 0 Å². The van der Waals surface area contributed by atoms with E-state index in [1.807, 2.05) is 0 Å². The molecule has 23 heavy (non-hydrogen) atoms. The highest BCUT2D eigenvalue weighted by Gasteiger charge is 2.14. The second-order valence-corrected chi connectivity index (χ2v) is 6.89. The van der Waals surface area contributed by atoms with E-state index in [0.717, 1.165) is 24.4 Å². The van der Waals surface area contributed by atoms with Crippen molar-refractivity contribution < 1.29 is 0 Å². The zero-order valence-corrected chi connectivity index (χ0v) is 14.5. The van der Waals surface area contributed by atoms with Crippen molar-refractivity contribution in [3.05, 3.63) is 30.1 Å². The van der Waals surface area contributed by atoms with Crippen LogP contribution in [0.5, 0.6) is 0 Å². The molecule has 126 valence electrons. The minimum absolute atomic E-state index is 0.556.